The number of fused-ring (bicyclic) bond motifs is 5. The lowest BCUT2D eigenvalue weighted by atomic mass is 10.0. The van der Waals surface area contributed by atoms with Crippen molar-refractivity contribution in [3.8, 4) is 0 Å². The topological polar surface area (TPSA) is 233 Å². The first kappa shape index (κ1) is 32.1. The lowest BCUT2D eigenvalue weighted by molar-refractivity contribution is -0.0496. The Morgan fingerprint density at radius 3 is 2.61 bits per heavy atom. The quantitative estimate of drug-likeness (QED) is 0.144. The van der Waals surface area contributed by atoms with Crippen molar-refractivity contribution < 1.29 is 50.9 Å². The molecule has 0 aromatic carbocycles. The largest absolute Gasteiger partial charge is 0.387 e. The molecular weight excluding hydrogens is 700 g/mol. The smallest absolute Gasteiger partial charge is 0.386 e. The number of aliphatic hydroxyl groups is 1. The van der Waals surface area contributed by atoms with Crippen LogP contribution >= 0.6 is 25.8 Å². The second-order valence-corrected chi connectivity index (χ2v) is 16.2. The van der Waals surface area contributed by atoms with Gasteiger partial charge in [-0.25, -0.2) is 33.3 Å². The van der Waals surface area contributed by atoms with E-state index in [0.717, 1.165) is 17.1 Å². The van der Waals surface area contributed by atoms with E-state index >= 15 is 4.39 Å². The molecule has 2 bridgehead atoms. The predicted molar refractivity (Wildman–Crippen MR) is 158 cm³/mol. The molecule has 5 N–H and O–H groups in total. The van der Waals surface area contributed by atoms with E-state index in [2.05, 4.69) is 37.2 Å². The zero-order valence-electron chi connectivity index (χ0n) is 23.0. The zero-order chi connectivity index (χ0) is 32.5. The number of imidazole rings is 1. The lowest BCUT2D eigenvalue weighted by Gasteiger charge is -2.28. The van der Waals surface area contributed by atoms with Crippen LogP contribution in [0.5, 0.6) is 0 Å². The fraction of sp³-hybridized carbons (Fsp3) is 0.500. The van der Waals surface area contributed by atoms with E-state index in [9.17, 15) is 23.7 Å². The first-order chi connectivity index (χ1) is 21.8. The molecule has 3 saturated heterocycles. The van der Waals surface area contributed by atoms with Gasteiger partial charge in [0.05, 0.1) is 38.6 Å². The normalized spacial score (nSPS) is 37.4. The summed E-state index contributed by atoms with van der Waals surface area (Å²) in [7, 11) is 0. The summed E-state index contributed by atoms with van der Waals surface area (Å²) >= 11 is 9.21. The number of hydrogen-bond acceptors (Lipinski definition) is 15. The van der Waals surface area contributed by atoms with Gasteiger partial charge >= 0.3 is 13.5 Å². The van der Waals surface area contributed by atoms with Crippen LogP contribution in [-0.4, -0.2) is 94.5 Å². The molecule has 4 aromatic rings. The molecule has 3 fully saturated rings. The molecule has 7 heterocycles. The van der Waals surface area contributed by atoms with E-state index in [1.807, 2.05) is 0 Å². The van der Waals surface area contributed by atoms with Gasteiger partial charge in [-0.2, -0.15) is 0 Å². The summed E-state index contributed by atoms with van der Waals surface area (Å²) in [5.41, 5.74) is 5.28. The van der Waals surface area contributed by atoms with Crippen molar-refractivity contribution in [3.63, 3.8) is 0 Å². The molecular formula is C22H24F2N8O10P2S2. The Morgan fingerprint density at radius 1 is 1.07 bits per heavy atom. The number of aromatic amines is 1. The van der Waals surface area contributed by atoms with Crippen molar-refractivity contribution in [2.75, 3.05) is 25.6 Å². The molecule has 24 heteroatoms. The average molecular weight is 725 g/mol. The number of halogens is 2. The van der Waals surface area contributed by atoms with Gasteiger partial charge in [-0.05, 0) is 11.8 Å². The third-order valence-corrected chi connectivity index (χ3v) is 11.0. The number of rotatable bonds is 2. The standard InChI is InChI=1S/C22H24F2N8O10P2S2/c23-9-1-31(18-12(9)20(34)29-6-27-18)22-16-15(33)11(41-22)4-38-43(35,45)37-2-8-10(3-39-44(36,46)42-16)40-21(13(8)24)32-7-30-14-17(25)26-5-28-19(14)32/h1,5-8,10-11,13,15-16,21-22,33H,2-4H2,(H,35,45)(H,36,46)(H2,25,26,28)(H,27,29,34)/t8-,10-,11-,13-,15-,16-,21-,22-,43?,44?/m1/s1. The van der Waals surface area contributed by atoms with E-state index in [1.165, 1.54) is 17.2 Å². The average Bonchev–Trinajstić information content (AvgIpc) is 3.74. The minimum atomic E-state index is -4.30. The molecule has 0 radical (unpaired) electrons. The molecule has 3 aliphatic heterocycles. The highest BCUT2D eigenvalue weighted by Gasteiger charge is 2.52. The Labute approximate surface area is 266 Å². The number of hydrogen-bond donors (Lipinski definition) is 5. The van der Waals surface area contributed by atoms with Gasteiger partial charge in [0.25, 0.3) is 5.56 Å². The number of nitrogens with zero attached hydrogens (tertiary/aromatic N) is 6. The molecule has 46 heavy (non-hydrogen) atoms. The maximum atomic E-state index is 16.0. The van der Waals surface area contributed by atoms with Crippen molar-refractivity contribution in [3.05, 3.63) is 41.3 Å². The number of nitrogens with one attached hydrogen (secondary N) is 1. The van der Waals surface area contributed by atoms with Gasteiger partial charge in [0.1, 0.15) is 35.5 Å². The van der Waals surface area contributed by atoms with Crippen LogP contribution in [0.15, 0.2) is 30.0 Å². The number of aromatic nitrogens is 7. The summed E-state index contributed by atoms with van der Waals surface area (Å²) in [6.07, 6.45) is -5.99. The summed E-state index contributed by atoms with van der Waals surface area (Å²) in [4.78, 5) is 41.7. The van der Waals surface area contributed by atoms with E-state index in [1.54, 1.807) is 0 Å². The molecule has 0 spiro atoms. The molecule has 3 aliphatic rings. The third kappa shape index (κ3) is 5.69. The zero-order valence-corrected chi connectivity index (χ0v) is 26.5. The van der Waals surface area contributed by atoms with Crippen molar-refractivity contribution in [2.45, 2.75) is 43.0 Å². The first-order valence-electron chi connectivity index (χ1n) is 13.4. The lowest BCUT2D eigenvalue weighted by Crippen LogP contribution is -2.36. The summed E-state index contributed by atoms with van der Waals surface area (Å²) < 4.78 is 80.2. The summed E-state index contributed by atoms with van der Waals surface area (Å²) in [6, 6.07) is 0. The van der Waals surface area contributed by atoms with Crippen LogP contribution in [0.4, 0.5) is 14.6 Å². The molecule has 10 atom stereocenters. The molecule has 0 amide bonds. The Hall–Kier alpha value is -2.46. The van der Waals surface area contributed by atoms with Crippen LogP contribution in [-0.2, 0) is 43.9 Å². The van der Waals surface area contributed by atoms with Crippen LogP contribution in [0.2, 0.25) is 0 Å². The van der Waals surface area contributed by atoms with Crippen LogP contribution in [0.25, 0.3) is 22.2 Å². The number of thiol groups is 1. The number of nitrogens with two attached hydrogens (primary N) is 1. The highest BCUT2D eigenvalue weighted by molar-refractivity contribution is 8.44. The Bertz CT molecular complexity index is 1970. The minimum absolute atomic E-state index is 0.0609. The maximum Gasteiger partial charge on any atom is 0.386 e. The van der Waals surface area contributed by atoms with Gasteiger partial charge < -0.3 is 43.8 Å². The minimum Gasteiger partial charge on any atom is -0.387 e. The van der Waals surface area contributed by atoms with Crippen molar-refractivity contribution in [2.24, 2.45) is 5.92 Å². The van der Waals surface area contributed by atoms with Crippen LogP contribution in [0.1, 0.15) is 12.5 Å². The van der Waals surface area contributed by atoms with Crippen LogP contribution in [0.3, 0.4) is 0 Å². The Morgan fingerprint density at radius 2 is 1.80 bits per heavy atom. The summed E-state index contributed by atoms with van der Waals surface area (Å²) in [6.45, 7) is -10.3. The van der Waals surface area contributed by atoms with Gasteiger partial charge in [-0.15, -0.1) is 0 Å². The van der Waals surface area contributed by atoms with Gasteiger partial charge in [0.2, 0.25) is 0 Å². The van der Waals surface area contributed by atoms with Crippen LogP contribution < -0.4 is 11.3 Å². The van der Waals surface area contributed by atoms with Crippen molar-refractivity contribution in [1.82, 2.24) is 34.1 Å². The number of H-pyrrole nitrogens is 1. The predicted octanol–water partition coefficient (Wildman–Crippen LogP) is 1.10. The first-order valence-corrected chi connectivity index (χ1v) is 18.7. The van der Waals surface area contributed by atoms with Gasteiger partial charge in [0, 0.05) is 12.1 Å². The van der Waals surface area contributed by atoms with Gasteiger partial charge in [-0.3, -0.25) is 18.4 Å². The summed E-state index contributed by atoms with van der Waals surface area (Å²) in [5.74, 6) is -2.07. The number of ether oxygens (including phenoxy) is 2. The molecule has 0 saturated carbocycles. The molecule has 0 aliphatic carbocycles. The van der Waals surface area contributed by atoms with Crippen molar-refractivity contribution >= 4 is 65.6 Å². The molecule has 18 nitrogen and oxygen atoms in total. The highest BCUT2D eigenvalue weighted by Crippen LogP contribution is 2.56. The second kappa shape index (κ2) is 11.9. The number of alkyl halides is 1. The molecule has 2 unspecified atom stereocenters. The van der Waals surface area contributed by atoms with E-state index < -0.39 is 99.1 Å². The molecule has 7 rings (SSSR count). The number of anilines is 1. The highest BCUT2D eigenvalue weighted by atomic mass is 32.7. The third-order valence-electron chi connectivity index (χ3n) is 7.78. The fourth-order valence-electron chi connectivity index (χ4n) is 5.58. The monoisotopic (exact) mass is 724 g/mol. The van der Waals surface area contributed by atoms with E-state index in [4.69, 9.17) is 45.1 Å². The maximum absolute atomic E-state index is 16.0. The fourth-order valence-corrected chi connectivity index (χ4v) is 8.17. The SMILES string of the molecule is Nc1ncnc2c1ncn2[C@@H]1O[C@@H]2COP(O)(=S)O[C@@H]3[C@H](O)[C@@H](COP(=O)(S)OC[C@H]2[C@H]1F)O[C@H]3n1cc(F)c2c(=O)[nH]cnc21. The van der Waals surface area contributed by atoms with Gasteiger partial charge in [-0.1, -0.05) is 12.2 Å². The Kier molecular flexibility index (Phi) is 8.31. The number of aliphatic hydroxyl groups excluding tert-OH is 1. The van der Waals surface area contributed by atoms with Crippen molar-refractivity contribution in [1.29, 1.82) is 0 Å². The van der Waals surface area contributed by atoms with E-state index in [0.29, 0.717) is 0 Å². The second-order valence-electron chi connectivity index (χ2n) is 10.5. The van der Waals surface area contributed by atoms with Gasteiger partial charge in [0.15, 0.2) is 41.6 Å². The van der Waals surface area contributed by atoms with E-state index in [-0.39, 0.29) is 22.6 Å². The Balaban J connectivity index is 1.20. The molecule has 248 valence electrons. The van der Waals surface area contributed by atoms with Crippen LogP contribution in [0, 0.1) is 11.7 Å². The number of nitrogen functional groups attached to an aromatic ring is 1. The summed E-state index contributed by atoms with van der Waals surface area (Å²) in [5, 5.41) is 10.7. The molecule has 4 aromatic heterocycles.